The second-order valence-electron chi connectivity index (χ2n) is 6.47. The number of nitrogens with one attached hydrogen (secondary N) is 1. The van der Waals surface area contributed by atoms with Gasteiger partial charge in [0.1, 0.15) is 5.69 Å². The van der Waals surface area contributed by atoms with Gasteiger partial charge in [-0.15, -0.1) is 0 Å². The highest BCUT2D eigenvalue weighted by atomic mass is 16.2. The van der Waals surface area contributed by atoms with Gasteiger partial charge >= 0.3 is 0 Å². The van der Waals surface area contributed by atoms with Gasteiger partial charge in [-0.25, -0.2) is 5.43 Å². The van der Waals surface area contributed by atoms with E-state index >= 15 is 0 Å². The van der Waals surface area contributed by atoms with E-state index in [-0.39, 0.29) is 5.91 Å². The van der Waals surface area contributed by atoms with Gasteiger partial charge in [-0.2, -0.15) is 5.10 Å². The molecule has 5 heteroatoms. The molecule has 1 aromatic carbocycles. The van der Waals surface area contributed by atoms with E-state index in [9.17, 15) is 4.79 Å². The Labute approximate surface area is 148 Å². The third kappa shape index (κ3) is 4.97. The zero-order chi connectivity index (χ0) is 17.5. The first-order valence-corrected chi connectivity index (χ1v) is 8.74. The molecule has 25 heavy (non-hydrogen) atoms. The highest BCUT2D eigenvalue weighted by molar-refractivity contribution is 5.92. The number of benzene rings is 1. The van der Waals surface area contributed by atoms with Gasteiger partial charge in [0, 0.05) is 19.0 Å². The van der Waals surface area contributed by atoms with E-state index in [0.717, 1.165) is 32.5 Å². The van der Waals surface area contributed by atoms with Crippen molar-refractivity contribution in [3.63, 3.8) is 0 Å². The minimum atomic E-state index is -0.270. The molecular weight excluding hydrogens is 312 g/mol. The summed E-state index contributed by atoms with van der Waals surface area (Å²) in [4.78, 5) is 18.4. The van der Waals surface area contributed by atoms with Crippen LogP contribution in [0, 0.1) is 12.8 Å². The third-order valence-electron chi connectivity index (χ3n) is 4.64. The molecule has 0 bridgehead atoms. The maximum absolute atomic E-state index is 11.9. The number of aryl methyl sites for hydroxylation is 1. The van der Waals surface area contributed by atoms with Gasteiger partial charge in [-0.3, -0.25) is 14.7 Å². The second-order valence-corrected chi connectivity index (χ2v) is 6.47. The Morgan fingerprint density at radius 3 is 2.72 bits per heavy atom. The lowest BCUT2D eigenvalue weighted by Crippen LogP contribution is -2.34. The normalized spacial score (nSPS) is 16.2. The molecule has 1 saturated heterocycles. The van der Waals surface area contributed by atoms with E-state index in [4.69, 9.17) is 0 Å². The first-order chi connectivity index (χ1) is 12.2. The van der Waals surface area contributed by atoms with Crippen LogP contribution in [0.5, 0.6) is 0 Å². The molecule has 0 aliphatic carbocycles. The molecular formula is C20H24N4O. The number of rotatable bonds is 5. The number of likely N-dealkylation sites (tertiary alicyclic amines) is 1. The van der Waals surface area contributed by atoms with Crippen LogP contribution in [0.25, 0.3) is 0 Å². The molecule has 2 aromatic rings. The molecule has 0 unspecified atom stereocenters. The topological polar surface area (TPSA) is 57.6 Å². The van der Waals surface area contributed by atoms with Gasteiger partial charge in [0.25, 0.3) is 5.91 Å². The number of hydrogen-bond donors (Lipinski definition) is 1. The Kier molecular flexibility index (Phi) is 5.90. The largest absolute Gasteiger partial charge is 0.299 e. The number of piperidine rings is 1. The Morgan fingerprint density at radius 1 is 1.24 bits per heavy atom. The summed E-state index contributed by atoms with van der Waals surface area (Å²) in [6.45, 7) is 5.28. The predicted octanol–water partition coefficient (Wildman–Crippen LogP) is 3.02. The third-order valence-corrected chi connectivity index (χ3v) is 4.64. The molecule has 0 radical (unpaired) electrons. The molecule has 1 aliphatic rings. The van der Waals surface area contributed by atoms with Crippen LogP contribution in [0.4, 0.5) is 0 Å². The fourth-order valence-electron chi connectivity index (χ4n) is 3.04. The van der Waals surface area contributed by atoms with Crippen molar-refractivity contribution in [1.29, 1.82) is 0 Å². The summed E-state index contributed by atoms with van der Waals surface area (Å²) in [6, 6.07) is 13.8. The fourth-order valence-corrected chi connectivity index (χ4v) is 3.04. The Balaban J connectivity index is 1.43. The van der Waals surface area contributed by atoms with Crippen molar-refractivity contribution in [2.45, 2.75) is 26.3 Å². The van der Waals surface area contributed by atoms with Crippen LogP contribution in [0.15, 0.2) is 53.8 Å². The van der Waals surface area contributed by atoms with Crippen molar-refractivity contribution in [2.75, 3.05) is 13.1 Å². The Hall–Kier alpha value is -2.53. The molecule has 5 nitrogen and oxygen atoms in total. The van der Waals surface area contributed by atoms with Crippen LogP contribution < -0.4 is 5.43 Å². The van der Waals surface area contributed by atoms with Crippen molar-refractivity contribution >= 4 is 12.1 Å². The average molecular weight is 336 g/mol. The minimum absolute atomic E-state index is 0.270. The lowest BCUT2D eigenvalue weighted by Gasteiger charge is -2.30. The highest BCUT2D eigenvalue weighted by Crippen LogP contribution is 2.18. The zero-order valence-electron chi connectivity index (χ0n) is 14.6. The van der Waals surface area contributed by atoms with Crippen molar-refractivity contribution in [3.8, 4) is 0 Å². The molecule has 130 valence electrons. The minimum Gasteiger partial charge on any atom is -0.299 e. The van der Waals surface area contributed by atoms with Gasteiger partial charge in [0.05, 0.1) is 0 Å². The lowest BCUT2D eigenvalue weighted by molar-refractivity contribution is 0.0949. The predicted molar refractivity (Wildman–Crippen MR) is 99.4 cm³/mol. The van der Waals surface area contributed by atoms with E-state index in [1.54, 1.807) is 24.4 Å². The van der Waals surface area contributed by atoms with Crippen molar-refractivity contribution in [2.24, 2.45) is 11.0 Å². The number of hydrazone groups is 1. The van der Waals surface area contributed by atoms with Gasteiger partial charge in [0.15, 0.2) is 0 Å². The number of nitrogens with zero attached hydrogens (tertiary/aromatic N) is 3. The molecule has 1 amide bonds. The summed E-state index contributed by atoms with van der Waals surface area (Å²) in [7, 11) is 0. The number of carbonyl (C=O) groups excluding carboxylic acids is 1. The monoisotopic (exact) mass is 336 g/mol. The van der Waals surface area contributed by atoms with E-state index in [1.165, 1.54) is 11.1 Å². The van der Waals surface area contributed by atoms with E-state index < -0.39 is 0 Å². The number of pyridine rings is 1. The molecule has 1 aromatic heterocycles. The molecule has 1 fully saturated rings. The molecule has 3 rings (SSSR count). The molecule has 2 heterocycles. The van der Waals surface area contributed by atoms with Crippen molar-refractivity contribution in [1.82, 2.24) is 15.3 Å². The van der Waals surface area contributed by atoms with Crippen LogP contribution in [0.2, 0.25) is 0 Å². The van der Waals surface area contributed by atoms with Crippen LogP contribution in [0.1, 0.15) is 34.5 Å². The van der Waals surface area contributed by atoms with Gasteiger partial charge in [-0.05, 0) is 62.0 Å². The standard InChI is InChI=1S/C20H24N4O/c1-16-6-2-3-7-18(16)15-24-12-9-17(10-13-24)14-22-23-20(25)19-8-4-5-11-21-19/h2-8,11,14,17H,9-10,12-13,15H2,1H3,(H,23,25). The SMILES string of the molecule is Cc1ccccc1CN1CCC(C=NNC(=O)c2ccccn2)CC1. The van der Waals surface area contributed by atoms with Gasteiger partial charge < -0.3 is 0 Å². The quantitative estimate of drug-likeness (QED) is 0.674. The summed E-state index contributed by atoms with van der Waals surface area (Å²) in [5.74, 6) is 0.144. The van der Waals surface area contributed by atoms with Crippen LogP contribution in [-0.2, 0) is 6.54 Å². The maximum Gasteiger partial charge on any atom is 0.289 e. The van der Waals surface area contributed by atoms with E-state index in [2.05, 4.69) is 51.6 Å². The Morgan fingerprint density at radius 2 is 2.00 bits per heavy atom. The number of carbonyl (C=O) groups is 1. The average Bonchev–Trinajstić information content (AvgIpc) is 2.65. The maximum atomic E-state index is 11.9. The molecule has 0 saturated carbocycles. The molecule has 1 N–H and O–H groups in total. The molecule has 0 spiro atoms. The number of amides is 1. The van der Waals surface area contributed by atoms with Crippen LogP contribution in [0.3, 0.4) is 0 Å². The molecule has 1 aliphatic heterocycles. The summed E-state index contributed by atoms with van der Waals surface area (Å²) < 4.78 is 0. The summed E-state index contributed by atoms with van der Waals surface area (Å²) in [5, 5.41) is 4.11. The van der Waals surface area contributed by atoms with E-state index in [0.29, 0.717) is 11.6 Å². The number of aromatic nitrogens is 1. The smallest absolute Gasteiger partial charge is 0.289 e. The Bertz CT molecular complexity index is 721. The van der Waals surface area contributed by atoms with Crippen LogP contribution in [-0.4, -0.2) is 35.1 Å². The summed E-state index contributed by atoms with van der Waals surface area (Å²) >= 11 is 0. The zero-order valence-corrected chi connectivity index (χ0v) is 14.6. The summed E-state index contributed by atoms with van der Waals surface area (Å²) in [6.07, 6.45) is 5.60. The van der Waals surface area contributed by atoms with E-state index in [1.807, 2.05) is 6.21 Å². The van der Waals surface area contributed by atoms with Crippen molar-refractivity contribution < 1.29 is 4.79 Å². The molecule has 0 atom stereocenters. The van der Waals surface area contributed by atoms with Gasteiger partial charge in [0.2, 0.25) is 0 Å². The van der Waals surface area contributed by atoms with Crippen LogP contribution >= 0.6 is 0 Å². The van der Waals surface area contributed by atoms with Crippen molar-refractivity contribution in [3.05, 3.63) is 65.5 Å². The lowest BCUT2D eigenvalue weighted by atomic mass is 9.97. The van der Waals surface area contributed by atoms with Gasteiger partial charge in [-0.1, -0.05) is 30.3 Å². The fraction of sp³-hybridized carbons (Fsp3) is 0.350. The number of hydrogen-bond acceptors (Lipinski definition) is 4. The first-order valence-electron chi connectivity index (χ1n) is 8.74. The highest BCUT2D eigenvalue weighted by Gasteiger charge is 2.18. The first kappa shape index (κ1) is 17.3. The second kappa shape index (κ2) is 8.53. The summed E-state index contributed by atoms with van der Waals surface area (Å²) in [5.41, 5.74) is 5.69.